The SMILES string of the molecule is CCCCOC(=O)c1cc2sc(N=Nc3ccc(N=Nc4ccc(N(CC)CC)cc4)c4ccccc34)nc2s1. The highest BCUT2D eigenvalue weighted by atomic mass is 32.1. The Bertz CT molecular complexity index is 1640. The minimum Gasteiger partial charge on any atom is -0.462 e. The van der Waals surface area contributed by atoms with E-state index in [4.69, 9.17) is 4.74 Å². The monoisotopic (exact) mass is 570 g/mol. The maximum absolute atomic E-state index is 12.2. The fourth-order valence-electron chi connectivity index (χ4n) is 4.22. The lowest BCUT2D eigenvalue weighted by Crippen LogP contribution is -2.21. The number of fused-ring (bicyclic) bond motifs is 2. The lowest BCUT2D eigenvalue weighted by Gasteiger charge is -2.20. The summed E-state index contributed by atoms with van der Waals surface area (Å²) >= 11 is 2.71. The van der Waals surface area contributed by atoms with Crippen molar-refractivity contribution in [2.24, 2.45) is 20.5 Å². The highest BCUT2D eigenvalue weighted by Gasteiger charge is 2.15. The number of nitrogens with zero attached hydrogens (tertiary/aromatic N) is 6. The summed E-state index contributed by atoms with van der Waals surface area (Å²) in [4.78, 5) is 20.4. The van der Waals surface area contributed by atoms with Crippen LogP contribution in [0, 0.1) is 0 Å². The van der Waals surface area contributed by atoms with Crippen LogP contribution in [0.3, 0.4) is 0 Å². The molecule has 0 bridgehead atoms. The number of aromatic nitrogens is 1. The zero-order valence-corrected chi connectivity index (χ0v) is 24.3. The molecule has 0 saturated carbocycles. The van der Waals surface area contributed by atoms with Crippen LogP contribution in [0.4, 0.5) is 27.9 Å². The maximum atomic E-state index is 12.2. The van der Waals surface area contributed by atoms with Crippen LogP contribution in [0.25, 0.3) is 20.3 Å². The molecule has 40 heavy (non-hydrogen) atoms. The number of thiophene rings is 1. The summed E-state index contributed by atoms with van der Waals surface area (Å²) in [5.41, 5.74) is 3.45. The van der Waals surface area contributed by atoms with Crippen LogP contribution in [0.2, 0.25) is 0 Å². The van der Waals surface area contributed by atoms with E-state index in [1.807, 2.05) is 54.6 Å². The molecule has 0 aliphatic carbocycles. The summed E-state index contributed by atoms with van der Waals surface area (Å²) in [7, 11) is 0. The van der Waals surface area contributed by atoms with Crippen molar-refractivity contribution in [1.82, 2.24) is 4.98 Å². The molecule has 0 radical (unpaired) electrons. The number of anilines is 1. The second-order valence-corrected chi connectivity index (χ2v) is 11.0. The molecular formula is C30H30N6O2S2. The highest BCUT2D eigenvalue weighted by Crippen LogP contribution is 2.38. The molecule has 10 heteroatoms. The Labute approximate surface area is 241 Å². The van der Waals surface area contributed by atoms with Gasteiger partial charge < -0.3 is 9.64 Å². The molecule has 0 unspecified atom stereocenters. The van der Waals surface area contributed by atoms with E-state index >= 15 is 0 Å². The number of hydrogen-bond acceptors (Lipinski definition) is 10. The summed E-state index contributed by atoms with van der Waals surface area (Å²) in [6.07, 6.45) is 1.84. The third-order valence-corrected chi connectivity index (χ3v) is 8.41. The van der Waals surface area contributed by atoms with E-state index in [-0.39, 0.29) is 5.97 Å². The minimum absolute atomic E-state index is 0.299. The summed E-state index contributed by atoms with van der Waals surface area (Å²) in [6.45, 7) is 8.72. The summed E-state index contributed by atoms with van der Waals surface area (Å²) in [5.74, 6) is -0.299. The van der Waals surface area contributed by atoms with E-state index in [1.165, 1.54) is 28.4 Å². The highest BCUT2D eigenvalue weighted by molar-refractivity contribution is 7.29. The summed E-state index contributed by atoms with van der Waals surface area (Å²) < 4.78 is 6.20. The van der Waals surface area contributed by atoms with Gasteiger partial charge in [-0.1, -0.05) is 48.9 Å². The Morgan fingerprint density at radius 3 is 2.15 bits per heavy atom. The van der Waals surface area contributed by atoms with Crippen molar-refractivity contribution in [2.45, 2.75) is 33.6 Å². The van der Waals surface area contributed by atoms with Crippen LogP contribution in [-0.4, -0.2) is 30.6 Å². The van der Waals surface area contributed by atoms with Crippen molar-refractivity contribution in [3.8, 4) is 0 Å². The molecule has 2 aromatic heterocycles. The van der Waals surface area contributed by atoms with E-state index in [2.05, 4.69) is 63.2 Å². The molecule has 8 nitrogen and oxygen atoms in total. The second-order valence-electron chi connectivity index (χ2n) is 9.00. The molecule has 2 heterocycles. The van der Waals surface area contributed by atoms with E-state index in [9.17, 15) is 4.79 Å². The average Bonchev–Trinajstić information content (AvgIpc) is 3.56. The lowest BCUT2D eigenvalue weighted by atomic mass is 10.1. The lowest BCUT2D eigenvalue weighted by molar-refractivity contribution is 0.0505. The van der Waals surface area contributed by atoms with Crippen molar-refractivity contribution in [1.29, 1.82) is 0 Å². The molecule has 3 aromatic carbocycles. The first kappa shape index (κ1) is 27.5. The van der Waals surface area contributed by atoms with Gasteiger partial charge in [0.25, 0.3) is 0 Å². The number of benzene rings is 3. The van der Waals surface area contributed by atoms with Crippen molar-refractivity contribution >= 4 is 76.8 Å². The summed E-state index contributed by atoms with van der Waals surface area (Å²) in [5, 5.41) is 20.3. The van der Waals surface area contributed by atoms with Crippen molar-refractivity contribution in [3.05, 3.63) is 71.6 Å². The van der Waals surface area contributed by atoms with Gasteiger partial charge in [-0.15, -0.1) is 26.7 Å². The number of unbranched alkanes of at least 4 members (excludes halogenated alkanes) is 1. The predicted octanol–water partition coefficient (Wildman–Crippen LogP) is 10.1. The third-order valence-electron chi connectivity index (χ3n) is 6.38. The number of hydrogen-bond donors (Lipinski definition) is 0. The van der Waals surface area contributed by atoms with Gasteiger partial charge in [-0.05, 0) is 62.7 Å². The maximum Gasteiger partial charge on any atom is 0.348 e. The quantitative estimate of drug-likeness (QED) is 0.0897. The first-order valence-electron chi connectivity index (χ1n) is 13.4. The molecule has 0 aliphatic rings. The largest absolute Gasteiger partial charge is 0.462 e. The van der Waals surface area contributed by atoms with Crippen LogP contribution < -0.4 is 4.90 Å². The van der Waals surface area contributed by atoms with Gasteiger partial charge in [0.05, 0.1) is 28.4 Å². The molecule has 0 N–H and O–H groups in total. The molecule has 5 rings (SSSR count). The van der Waals surface area contributed by atoms with Crippen molar-refractivity contribution < 1.29 is 9.53 Å². The van der Waals surface area contributed by atoms with Gasteiger partial charge in [0.2, 0.25) is 5.13 Å². The van der Waals surface area contributed by atoms with E-state index in [1.54, 1.807) is 0 Å². The van der Waals surface area contributed by atoms with E-state index in [0.29, 0.717) is 16.6 Å². The molecule has 0 spiro atoms. The van der Waals surface area contributed by atoms with Gasteiger partial charge in [-0.3, -0.25) is 0 Å². The molecule has 0 atom stereocenters. The van der Waals surface area contributed by atoms with Crippen LogP contribution in [0.15, 0.2) is 87.2 Å². The van der Waals surface area contributed by atoms with Gasteiger partial charge in [-0.2, -0.15) is 5.11 Å². The van der Waals surface area contributed by atoms with Crippen LogP contribution >= 0.6 is 22.7 Å². The number of rotatable bonds is 11. The van der Waals surface area contributed by atoms with Crippen LogP contribution in [-0.2, 0) is 4.74 Å². The Kier molecular flexibility index (Phi) is 8.87. The van der Waals surface area contributed by atoms with Crippen molar-refractivity contribution in [2.75, 3.05) is 24.6 Å². The fraction of sp³-hybridized carbons (Fsp3) is 0.267. The van der Waals surface area contributed by atoms with Crippen LogP contribution in [0.1, 0.15) is 43.3 Å². The molecule has 0 saturated heterocycles. The molecule has 0 amide bonds. The Morgan fingerprint density at radius 2 is 1.52 bits per heavy atom. The fourth-order valence-corrected chi connectivity index (χ4v) is 6.14. The van der Waals surface area contributed by atoms with Gasteiger partial charge in [0.1, 0.15) is 9.71 Å². The van der Waals surface area contributed by atoms with Gasteiger partial charge in [-0.25, -0.2) is 9.78 Å². The molecule has 0 fully saturated rings. The first-order valence-corrected chi connectivity index (χ1v) is 15.0. The zero-order valence-electron chi connectivity index (χ0n) is 22.7. The first-order chi connectivity index (χ1) is 19.6. The number of carbonyl (C=O) groups excluding carboxylic acids is 1. The predicted molar refractivity (Wildman–Crippen MR) is 165 cm³/mol. The van der Waals surface area contributed by atoms with Gasteiger partial charge in [0.15, 0.2) is 0 Å². The number of esters is 1. The Balaban J connectivity index is 1.33. The number of thiazole rings is 1. The number of azo groups is 2. The molecule has 204 valence electrons. The summed E-state index contributed by atoms with van der Waals surface area (Å²) in [6, 6.07) is 21.7. The third kappa shape index (κ3) is 6.24. The van der Waals surface area contributed by atoms with E-state index in [0.717, 1.165) is 63.3 Å². The Hall–Kier alpha value is -4.02. The molecule has 5 aromatic rings. The average molecular weight is 571 g/mol. The van der Waals surface area contributed by atoms with Gasteiger partial charge >= 0.3 is 5.97 Å². The van der Waals surface area contributed by atoms with Crippen LogP contribution in [0.5, 0.6) is 0 Å². The van der Waals surface area contributed by atoms with E-state index < -0.39 is 0 Å². The smallest absolute Gasteiger partial charge is 0.348 e. The molecular weight excluding hydrogens is 541 g/mol. The number of carbonyl (C=O) groups is 1. The standard InChI is InChI=1S/C30H30N6O2S2/c1-4-7-18-38-29(37)27-19-26-28(39-27)31-30(40-26)35-34-25-17-16-24(22-10-8-9-11-23(22)25)33-32-20-12-14-21(15-13-20)36(5-2)6-3/h8-17,19H,4-7,18H2,1-3H3. The second kappa shape index (κ2) is 12.9. The van der Waals surface area contributed by atoms with Gasteiger partial charge in [0, 0.05) is 29.5 Å². The Morgan fingerprint density at radius 1 is 0.850 bits per heavy atom. The minimum atomic E-state index is -0.299. The van der Waals surface area contributed by atoms with Crippen molar-refractivity contribution in [3.63, 3.8) is 0 Å². The molecule has 0 aliphatic heterocycles. The topological polar surface area (TPSA) is 91.9 Å². The number of ether oxygens (including phenoxy) is 1. The zero-order chi connectivity index (χ0) is 27.9. The normalized spacial score (nSPS) is 11.8.